The topological polar surface area (TPSA) is 49.8 Å². The number of aromatic nitrogens is 1. The Hall–Kier alpha value is -2.35. The van der Waals surface area contributed by atoms with E-state index in [-0.39, 0.29) is 6.17 Å². The lowest BCUT2D eigenvalue weighted by molar-refractivity contribution is 0.0179. The van der Waals surface area contributed by atoms with E-state index < -0.39 is 0 Å². The predicted molar refractivity (Wildman–Crippen MR) is 157 cm³/mol. The minimum Gasteiger partial charge on any atom is -0.379 e. The summed E-state index contributed by atoms with van der Waals surface area (Å²) in [5.74, 6) is 0.892. The molecule has 2 aromatic carbocycles. The molecule has 0 spiro atoms. The van der Waals surface area contributed by atoms with Gasteiger partial charge in [-0.2, -0.15) is 0 Å². The molecule has 3 heterocycles. The van der Waals surface area contributed by atoms with Gasteiger partial charge in [0.05, 0.1) is 18.9 Å². The van der Waals surface area contributed by atoms with Crippen LogP contribution in [0.15, 0.2) is 53.5 Å². The summed E-state index contributed by atoms with van der Waals surface area (Å²) in [6.45, 7) is 3.11. The lowest BCUT2D eigenvalue weighted by Gasteiger charge is -2.38. The molecule has 5 nitrogen and oxygen atoms in total. The fourth-order valence-electron chi connectivity index (χ4n) is 5.41. The first-order valence-electron chi connectivity index (χ1n) is 12.6. The molecule has 37 heavy (non-hydrogen) atoms. The molecule has 3 aromatic rings. The van der Waals surface area contributed by atoms with E-state index in [2.05, 4.69) is 46.8 Å². The number of thioether (sulfide) groups is 1. The third-order valence-corrected chi connectivity index (χ3v) is 8.26. The maximum absolute atomic E-state index is 6.31. The second kappa shape index (κ2) is 10.8. The quantitative estimate of drug-likeness (QED) is 0.368. The molecule has 1 aromatic heterocycles. The fourth-order valence-corrected chi connectivity index (χ4v) is 6.07. The van der Waals surface area contributed by atoms with Gasteiger partial charge in [-0.1, -0.05) is 59.2 Å². The van der Waals surface area contributed by atoms with Crippen LogP contribution >= 0.6 is 35.0 Å². The summed E-state index contributed by atoms with van der Waals surface area (Å²) >= 11 is 14.1. The Bertz CT molecular complexity index is 1370. The average molecular weight is 552 g/mol. The van der Waals surface area contributed by atoms with Gasteiger partial charge in [-0.05, 0) is 83.7 Å². The first kappa shape index (κ1) is 25.0. The number of nitrogens with zero attached hydrogens (tertiary/aromatic N) is 3. The lowest BCUT2D eigenvalue weighted by Crippen LogP contribution is -2.41. The summed E-state index contributed by atoms with van der Waals surface area (Å²) in [6.07, 6.45) is 7.22. The van der Waals surface area contributed by atoms with Gasteiger partial charge in [0.15, 0.2) is 5.17 Å². The highest BCUT2D eigenvalue weighted by Gasteiger charge is 2.35. The molecular formula is C29H28Cl2N4OS. The molecule has 0 amide bonds. The summed E-state index contributed by atoms with van der Waals surface area (Å²) in [4.78, 5) is 12.9. The molecule has 6 rings (SSSR count). The number of hydrogen-bond donors (Lipinski definition) is 1. The summed E-state index contributed by atoms with van der Waals surface area (Å²) in [5, 5.41) is 5.91. The minimum atomic E-state index is -0.114. The minimum absolute atomic E-state index is 0.114. The van der Waals surface area contributed by atoms with Gasteiger partial charge in [0.1, 0.15) is 12.0 Å². The Morgan fingerprint density at radius 2 is 1.70 bits per heavy atom. The van der Waals surface area contributed by atoms with Gasteiger partial charge < -0.3 is 10.1 Å². The number of amidine groups is 1. The molecular weight excluding hydrogens is 523 g/mol. The molecule has 1 unspecified atom stereocenters. The highest BCUT2D eigenvalue weighted by atomic mass is 35.5. The van der Waals surface area contributed by atoms with Crippen molar-refractivity contribution >= 4 is 57.6 Å². The fraction of sp³-hybridized carbons (Fsp3) is 0.310. The molecule has 0 bridgehead atoms. The number of benzene rings is 2. The third kappa shape index (κ3) is 5.06. The van der Waals surface area contributed by atoms with Gasteiger partial charge in [-0.15, -0.1) is 0 Å². The van der Waals surface area contributed by atoms with Crippen molar-refractivity contribution in [2.45, 2.75) is 25.4 Å². The van der Waals surface area contributed by atoms with Crippen LogP contribution in [-0.2, 0) is 11.2 Å². The summed E-state index contributed by atoms with van der Waals surface area (Å²) in [7, 11) is 0. The van der Waals surface area contributed by atoms with Crippen molar-refractivity contribution < 1.29 is 4.74 Å². The number of hydrogen-bond acceptors (Lipinski definition) is 6. The first-order chi connectivity index (χ1) is 18.1. The molecule has 1 fully saturated rings. The SMILES string of the molecule is CSC1=NC(N2CCOCC2)c2c(nc3c(c2-c2ccc(Cl)cc2)CCC/C3=C/c2ccc(Cl)cc2)N1. The van der Waals surface area contributed by atoms with Crippen molar-refractivity contribution in [3.8, 4) is 11.1 Å². The van der Waals surface area contributed by atoms with Crippen molar-refractivity contribution in [3.63, 3.8) is 0 Å². The monoisotopic (exact) mass is 550 g/mol. The van der Waals surface area contributed by atoms with Crippen LogP contribution in [0.1, 0.15) is 41.4 Å². The smallest absolute Gasteiger partial charge is 0.163 e. The molecule has 0 saturated carbocycles. The number of anilines is 1. The molecule has 8 heteroatoms. The van der Waals surface area contributed by atoms with Crippen molar-refractivity contribution in [1.29, 1.82) is 0 Å². The van der Waals surface area contributed by atoms with Crippen LogP contribution in [0.5, 0.6) is 0 Å². The average Bonchev–Trinajstić information content (AvgIpc) is 2.94. The second-order valence-electron chi connectivity index (χ2n) is 9.44. The summed E-state index contributed by atoms with van der Waals surface area (Å²) < 4.78 is 5.67. The Kier molecular flexibility index (Phi) is 7.28. The zero-order valence-electron chi connectivity index (χ0n) is 20.6. The largest absolute Gasteiger partial charge is 0.379 e. The summed E-state index contributed by atoms with van der Waals surface area (Å²) in [5.41, 5.74) is 8.26. The lowest BCUT2D eigenvalue weighted by atomic mass is 9.82. The van der Waals surface area contributed by atoms with Gasteiger partial charge in [-0.25, -0.2) is 9.98 Å². The van der Waals surface area contributed by atoms with E-state index in [1.807, 2.05) is 24.3 Å². The molecule has 1 saturated heterocycles. The van der Waals surface area contributed by atoms with Gasteiger partial charge in [0, 0.05) is 28.7 Å². The number of ether oxygens (including phenoxy) is 1. The van der Waals surface area contributed by atoms with Crippen LogP contribution in [0.25, 0.3) is 22.8 Å². The maximum Gasteiger partial charge on any atom is 0.163 e. The van der Waals surface area contributed by atoms with Crippen LogP contribution in [0, 0.1) is 0 Å². The predicted octanol–water partition coefficient (Wildman–Crippen LogP) is 7.41. The van der Waals surface area contributed by atoms with Crippen LogP contribution < -0.4 is 5.32 Å². The molecule has 1 aliphatic carbocycles. The van der Waals surface area contributed by atoms with Crippen LogP contribution in [0.4, 0.5) is 5.82 Å². The molecule has 190 valence electrons. The number of morpholine rings is 1. The molecule has 3 aliphatic rings. The number of pyridine rings is 1. The highest BCUT2D eigenvalue weighted by molar-refractivity contribution is 8.13. The van der Waals surface area contributed by atoms with Crippen molar-refractivity contribution in [2.75, 3.05) is 37.9 Å². The Balaban J connectivity index is 1.57. The Morgan fingerprint density at radius 1 is 1.00 bits per heavy atom. The first-order valence-corrected chi connectivity index (χ1v) is 14.6. The van der Waals surface area contributed by atoms with E-state index in [1.54, 1.807) is 11.8 Å². The maximum atomic E-state index is 6.31. The molecule has 0 radical (unpaired) electrons. The normalized spacial score (nSPS) is 20.7. The van der Waals surface area contributed by atoms with Gasteiger partial charge in [-0.3, -0.25) is 4.90 Å². The van der Waals surface area contributed by atoms with E-state index in [0.29, 0.717) is 13.2 Å². The zero-order valence-corrected chi connectivity index (χ0v) is 23.0. The number of halogens is 2. The van der Waals surface area contributed by atoms with E-state index in [4.69, 9.17) is 37.9 Å². The zero-order chi connectivity index (χ0) is 25.4. The Labute approximate surface area is 231 Å². The van der Waals surface area contributed by atoms with E-state index >= 15 is 0 Å². The van der Waals surface area contributed by atoms with Crippen molar-refractivity contribution in [2.24, 2.45) is 4.99 Å². The van der Waals surface area contributed by atoms with E-state index in [1.165, 1.54) is 16.7 Å². The van der Waals surface area contributed by atoms with Crippen LogP contribution in [0.3, 0.4) is 0 Å². The van der Waals surface area contributed by atoms with Crippen molar-refractivity contribution in [1.82, 2.24) is 9.88 Å². The number of nitrogens with one attached hydrogen (secondary N) is 1. The molecule has 1 atom stereocenters. The van der Waals surface area contributed by atoms with Crippen LogP contribution in [0.2, 0.25) is 10.0 Å². The van der Waals surface area contributed by atoms with Crippen LogP contribution in [-0.4, -0.2) is 47.6 Å². The van der Waals surface area contributed by atoms with E-state index in [9.17, 15) is 0 Å². The number of allylic oxidation sites excluding steroid dienone is 1. The number of fused-ring (bicyclic) bond motifs is 2. The number of aliphatic imine (C=N–C) groups is 1. The third-order valence-electron chi connectivity index (χ3n) is 7.16. The number of rotatable bonds is 3. The van der Waals surface area contributed by atoms with Crippen molar-refractivity contribution in [3.05, 3.63) is 81.0 Å². The van der Waals surface area contributed by atoms with Gasteiger partial charge >= 0.3 is 0 Å². The van der Waals surface area contributed by atoms with E-state index in [0.717, 1.165) is 75.8 Å². The molecule has 2 aliphatic heterocycles. The summed E-state index contributed by atoms with van der Waals surface area (Å²) in [6, 6.07) is 16.2. The van der Waals surface area contributed by atoms with Gasteiger partial charge in [0.25, 0.3) is 0 Å². The van der Waals surface area contributed by atoms with Gasteiger partial charge in [0.2, 0.25) is 0 Å². The highest BCUT2D eigenvalue weighted by Crippen LogP contribution is 2.46. The molecule has 1 N–H and O–H groups in total. The Morgan fingerprint density at radius 3 is 2.41 bits per heavy atom. The standard InChI is InChI=1S/C29H28Cl2N4OS/c1-37-29-33-27-25(28(34-29)35-13-15-36-16-14-35)24(19-7-11-22(31)12-8-19)23-4-2-3-20(26(23)32-27)17-18-5-9-21(30)10-6-18/h5-12,17,28H,2-4,13-16H2,1H3,(H,32,33,34)/b20-17-. The second-order valence-corrected chi connectivity index (χ2v) is 11.1.